The lowest BCUT2D eigenvalue weighted by molar-refractivity contribution is -0.113. The van der Waals surface area contributed by atoms with Crippen molar-refractivity contribution in [2.75, 3.05) is 27.5 Å². The molecular formula is C21H22ClN3O3S2. The van der Waals surface area contributed by atoms with Crippen molar-refractivity contribution in [3.63, 3.8) is 0 Å². The molecule has 4 rings (SSSR count). The van der Waals surface area contributed by atoms with Crippen LogP contribution in [0.1, 0.15) is 11.1 Å². The lowest BCUT2D eigenvalue weighted by atomic mass is 10.1. The number of fused-ring (bicyclic) bond motifs is 1. The summed E-state index contributed by atoms with van der Waals surface area (Å²) >= 11 is 7.47. The van der Waals surface area contributed by atoms with E-state index in [2.05, 4.69) is 10.3 Å². The van der Waals surface area contributed by atoms with Gasteiger partial charge in [-0.1, -0.05) is 41.6 Å². The number of aliphatic imine (C=N–C) groups is 1. The van der Waals surface area contributed by atoms with Crippen LogP contribution in [0.15, 0.2) is 47.5 Å². The molecule has 1 saturated heterocycles. The van der Waals surface area contributed by atoms with E-state index in [0.29, 0.717) is 10.2 Å². The van der Waals surface area contributed by atoms with Crippen LogP contribution in [0, 0.1) is 13.8 Å². The van der Waals surface area contributed by atoms with E-state index in [4.69, 9.17) is 11.6 Å². The number of carbonyl (C=O) groups excluding carboxylic acids is 1. The molecule has 2 aliphatic rings. The molecule has 1 amide bonds. The Bertz CT molecular complexity index is 1130. The van der Waals surface area contributed by atoms with Crippen LogP contribution in [0.25, 0.3) is 0 Å². The fourth-order valence-electron chi connectivity index (χ4n) is 3.76. The Kier molecular flexibility index (Phi) is 5.83. The van der Waals surface area contributed by atoms with Crippen molar-refractivity contribution in [2.45, 2.75) is 25.9 Å². The van der Waals surface area contributed by atoms with Gasteiger partial charge in [0.25, 0.3) is 0 Å². The molecule has 2 aliphatic heterocycles. The monoisotopic (exact) mass is 463 g/mol. The molecule has 0 saturated carbocycles. The predicted molar refractivity (Wildman–Crippen MR) is 125 cm³/mol. The fourth-order valence-corrected chi connectivity index (χ4v) is 6.72. The SMILES string of the molecule is Cc1cccc(NC(=O)CSC2=N[C@@H]3CS(=O)(=O)C[C@@H]3N2c2cccc(Cl)c2)c1C. The lowest BCUT2D eigenvalue weighted by Crippen LogP contribution is -2.39. The molecule has 0 unspecified atom stereocenters. The Hall–Kier alpha value is -2.03. The number of carbonyl (C=O) groups is 1. The average Bonchev–Trinajstić information content (AvgIpc) is 3.14. The van der Waals surface area contributed by atoms with Crippen molar-refractivity contribution in [3.05, 3.63) is 58.6 Å². The third kappa shape index (κ3) is 4.36. The van der Waals surface area contributed by atoms with Crippen LogP contribution in [0.4, 0.5) is 11.4 Å². The van der Waals surface area contributed by atoms with E-state index >= 15 is 0 Å². The molecule has 2 aromatic rings. The lowest BCUT2D eigenvalue weighted by Gasteiger charge is -2.26. The summed E-state index contributed by atoms with van der Waals surface area (Å²) in [6.45, 7) is 3.98. The Morgan fingerprint density at radius 3 is 2.77 bits per heavy atom. The Morgan fingerprint density at radius 1 is 1.23 bits per heavy atom. The van der Waals surface area contributed by atoms with Crippen molar-refractivity contribution < 1.29 is 13.2 Å². The van der Waals surface area contributed by atoms with Gasteiger partial charge in [0.15, 0.2) is 15.0 Å². The first kappa shape index (κ1) is 21.2. The van der Waals surface area contributed by atoms with Crippen molar-refractivity contribution in [1.82, 2.24) is 0 Å². The molecule has 2 heterocycles. The van der Waals surface area contributed by atoms with Crippen LogP contribution in [0.5, 0.6) is 0 Å². The number of amidine groups is 1. The predicted octanol–water partition coefficient (Wildman–Crippen LogP) is 3.67. The standard InChI is InChI=1S/C21H22ClN3O3S2/c1-13-5-3-8-17(14(13)2)23-20(26)10-29-21-24-18-11-30(27,28)12-19(18)25(21)16-7-4-6-15(22)9-16/h3-9,18-19H,10-12H2,1-2H3,(H,23,26)/t18-,19+/m1/s1. The highest BCUT2D eigenvalue weighted by Crippen LogP contribution is 2.36. The second-order valence-corrected chi connectivity index (χ2v) is 11.1. The summed E-state index contributed by atoms with van der Waals surface area (Å²) < 4.78 is 24.3. The first-order valence-corrected chi connectivity index (χ1v) is 12.7. The molecule has 1 fully saturated rings. The molecule has 6 nitrogen and oxygen atoms in total. The highest BCUT2D eigenvalue weighted by atomic mass is 35.5. The molecule has 0 bridgehead atoms. The maximum Gasteiger partial charge on any atom is 0.234 e. The van der Waals surface area contributed by atoms with E-state index in [1.807, 2.05) is 49.1 Å². The second-order valence-electron chi connectivity index (χ2n) is 7.56. The Balaban J connectivity index is 1.51. The van der Waals surface area contributed by atoms with Crippen LogP contribution < -0.4 is 10.2 Å². The zero-order valence-electron chi connectivity index (χ0n) is 16.6. The van der Waals surface area contributed by atoms with Crippen LogP contribution in [-0.4, -0.2) is 48.8 Å². The summed E-state index contributed by atoms with van der Waals surface area (Å²) in [6, 6.07) is 12.5. The molecule has 1 N–H and O–H groups in total. The Morgan fingerprint density at radius 2 is 2.00 bits per heavy atom. The molecule has 158 valence electrons. The molecule has 0 aliphatic carbocycles. The summed E-state index contributed by atoms with van der Waals surface area (Å²) in [6.07, 6.45) is 0. The van der Waals surface area contributed by atoms with Gasteiger partial charge in [-0.15, -0.1) is 0 Å². The summed E-state index contributed by atoms with van der Waals surface area (Å²) in [7, 11) is -3.13. The van der Waals surface area contributed by atoms with Gasteiger partial charge in [-0.05, 0) is 49.2 Å². The minimum absolute atomic E-state index is 0.0352. The second kappa shape index (κ2) is 8.24. The maximum absolute atomic E-state index is 12.6. The van der Waals surface area contributed by atoms with Gasteiger partial charge in [0.2, 0.25) is 5.91 Å². The Labute approximate surface area is 185 Å². The van der Waals surface area contributed by atoms with Crippen LogP contribution >= 0.6 is 23.4 Å². The van der Waals surface area contributed by atoms with Gasteiger partial charge in [0.05, 0.1) is 29.3 Å². The quantitative estimate of drug-likeness (QED) is 0.748. The van der Waals surface area contributed by atoms with Gasteiger partial charge >= 0.3 is 0 Å². The van der Waals surface area contributed by atoms with Crippen molar-refractivity contribution in [1.29, 1.82) is 0 Å². The number of aryl methyl sites for hydroxylation is 1. The third-order valence-corrected chi connectivity index (χ3v) is 8.31. The number of thioether (sulfide) groups is 1. The zero-order valence-corrected chi connectivity index (χ0v) is 19.0. The number of rotatable bonds is 4. The number of anilines is 2. The first-order valence-electron chi connectivity index (χ1n) is 9.55. The van der Waals surface area contributed by atoms with Gasteiger partial charge in [0.1, 0.15) is 0 Å². The zero-order chi connectivity index (χ0) is 21.5. The number of hydrogen-bond acceptors (Lipinski definition) is 6. The van der Waals surface area contributed by atoms with Crippen LogP contribution in [0.3, 0.4) is 0 Å². The van der Waals surface area contributed by atoms with Gasteiger partial charge in [-0.25, -0.2) is 8.42 Å². The molecule has 9 heteroatoms. The van der Waals surface area contributed by atoms with E-state index in [0.717, 1.165) is 22.5 Å². The molecule has 2 aromatic carbocycles. The average molecular weight is 464 g/mol. The third-order valence-electron chi connectivity index (χ3n) is 5.40. The minimum Gasteiger partial charge on any atom is -0.325 e. The van der Waals surface area contributed by atoms with E-state index in [1.165, 1.54) is 11.8 Å². The highest BCUT2D eigenvalue weighted by Gasteiger charge is 2.47. The molecule has 30 heavy (non-hydrogen) atoms. The summed E-state index contributed by atoms with van der Waals surface area (Å²) in [5, 5.41) is 4.17. The highest BCUT2D eigenvalue weighted by molar-refractivity contribution is 8.14. The topological polar surface area (TPSA) is 78.8 Å². The molecular weight excluding hydrogens is 442 g/mol. The van der Waals surface area contributed by atoms with Crippen molar-refractivity contribution >= 4 is 55.6 Å². The first-order chi connectivity index (χ1) is 14.2. The number of nitrogens with zero attached hydrogens (tertiary/aromatic N) is 2. The normalized spacial score (nSPS) is 22.0. The largest absolute Gasteiger partial charge is 0.325 e. The summed E-state index contributed by atoms with van der Waals surface area (Å²) in [4.78, 5) is 19.1. The smallest absolute Gasteiger partial charge is 0.234 e. The number of nitrogens with one attached hydrogen (secondary N) is 1. The number of hydrogen-bond donors (Lipinski definition) is 1. The minimum atomic E-state index is -3.13. The van der Waals surface area contributed by atoms with Gasteiger partial charge in [-0.3, -0.25) is 9.79 Å². The van der Waals surface area contributed by atoms with Crippen molar-refractivity contribution in [3.8, 4) is 0 Å². The summed E-state index contributed by atoms with van der Waals surface area (Å²) in [5.41, 5.74) is 3.73. The van der Waals surface area contributed by atoms with Crippen molar-refractivity contribution in [2.24, 2.45) is 4.99 Å². The fraction of sp³-hybridized carbons (Fsp3) is 0.333. The van der Waals surface area contributed by atoms with Gasteiger partial charge < -0.3 is 10.2 Å². The summed E-state index contributed by atoms with van der Waals surface area (Å²) in [5.74, 6) is 0.127. The molecule has 0 spiro atoms. The van der Waals surface area contributed by atoms with E-state index in [-0.39, 0.29) is 35.2 Å². The number of halogens is 1. The van der Waals surface area contributed by atoms with Crippen LogP contribution in [-0.2, 0) is 14.6 Å². The number of amides is 1. The van der Waals surface area contributed by atoms with E-state index in [9.17, 15) is 13.2 Å². The van der Waals surface area contributed by atoms with Crippen LogP contribution in [0.2, 0.25) is 5.02 Å². The van der Waals surface area contributed by atoms with Gasteiger partial charge in [0, 0.05) is 16.4 Å². The molecule has 0 radical (unpaired) electrons. The number of benzene rings is 2. The number of sulfone groups is 1. The van der Waals surface area contributed by atoms with E-state index in [1.54, 1.807) is 12.1 Å². The van der Waals surface area contributed by atoms with Gasteiger partial charge in [-0.2, -0.15) is 0 Å². The molecule has 2 atom stereocenters. The molecule has 0 aromatic heterocycles. The maximum atomic E-state index is 12.6. The van der Waals surface area contributed by atoms with E-state index < -0.39 is 9.84 Å².